The van der Waals surface area contributed by atoms with E-state index in [4.69, 9.17) is 0 Å². The van der Waals surface area contributed by atoms with Gasteiger partial charge in [0.1, 0.15) is 0 Å². The van der Waals surface area contributed by atoms with Gasteiger partial charge in [0.05, 0.1) is 0 Å². The Bertz CT molecular complexity index is 756. The van der Waals surface area contributed by atoms with Crippen molar-refractivity contribution in [3.05, 3.63) is 44.5 Å². The van der Waals surface area contributed by atoms with Gasteiger partial charge < -0.3 is 10.2 Å². The van der Waals surface area contributed by atoms with E-state index >= 15 is 0 Å². The average Bonchev–Trinajstić information content (AvgIpc) is 2.57. The maximum absolute atomic E-state index is 12.2. The summed E-state index contributed by atoms with van der Waals surface area (Å²) in [5.41, 5.74) is 2.20. The lowest BCUT2D eigenvalue weighted by Crippen LogP contribution is -2.36. The van der Waals surface area contributed by atoms with Crippen molar-refractivity contribution >= 4 is 73.2 Å². The Balaban J connectivity index is 0.000000646. The van der Waals surface area contributed by atoms with E-state index in [9.17, 15) is 14.2 Å². The first kappa shape index (κ1) is 24.9. The number of nitrogens with zero attached hydrogens (tertiary/aromatic N) is 1. The van der Waals surface area contributed by atoms with Crippen molar-refractivity contribution in [1.29, 1.82) is 0 Å². The van der Waals surface area contributed by atoms with Gasteiger partial charge in [-0.1, -0.05) is 19.9 Å². The summed E-state index contributed by atoms with van der Waals surface area (Å²) in [5, 5.41) is -0.311. The van der Waals surface area contributed by atoms with E-state index in [0.717, 1.165) is 28.8 Å². The monoisotopic (exact) mass is 564 g/mol. The van der Waals surface area contributed by atoms with E-state index in [-0.39, 0.29) is 11.7 Å². The Morgan fingerprint density at radius 2 is 1.85 bits per heavy atom. The van der Waals surface area contributed by atoms with E-state index in [2.05, 4.69) is 80.4 Å². The van der Waals surface area contributed by atoms with Gasteiger partial charge in [0.15, 0.2) is 5.78 Å². The molecule has 10 heteroatoms. The number of carbonyl (C=O) groups excluding carboxylic acids is 2. The van der Waals surface area contributed by atoms with Crippen LogP contribution < -0.4 is 5.32 Å². The lowest BCUT2D eigenvalue weighted by molar-refractivity contribution is -0.117. The van der Waals surface area contributed by atoms with Gasteiger partial charge >= 0.3 is 5.20 Å². The Morgan fingerprint density at radius 3 is 2.41 bits per heavy atom. The SMILES string of the molecule is CCN(CC)CCNC(=O)C1=CC(=O)c2cc(I)ccc2C1.O=P(Cl)(Cl)Cl. The minimum atomic E-state index is -3.22. The summed E-state index contributed by atoms with van der Waals surface area (Å²) in [5.74, 6) is -0.210. The number of fused-ring (bicyclic) bond motifs is 1. The molecule has 150 valence electrons. The lowest BCUT2D eigenvalue weighted by Gasteiger charge is -2.19. The highest BCUT2D eigenvalue weighted by Crippen LogP contribution is 2.61. The van der Waals surface area contributed by atoms with Gasteiger partial charge in [0, 0.05) is 34.2 Å². The topological polar surface area (TPSA) is 66.5 Å². The summed E-state index contributed by atoms with van der Waals surface area (Å²) in [6, 6.07) is 5.78. The molecule has 1 aliphatic carbocycles. The molecule has 0 heterocycles. The number of benzene rings is 1. The van der Waals surface area contributed by atoms with Crippen LogP contribution in [0.15, 0.2) is 29.8 Å². The summed E-state index contributed by atoms with van der Waals surface area (Å²) in [7, 11) is 0. The van der Waals surface area contributed by atoms with Crippen LogP contribution in [0, 0.1) is 3.57 Å². The molecule has 0 spiro atoms. The zero-order valence-corrected chi connectivity index (χ0v) is 20.3. The number of carbonyl (C=O) groups is 2. The summed E-state index contributed by atoms with van der Waals surface area (Å²) in [6.07, 6.45) is 2.00. The smallest absolute Gasteiger partial charge is 0.339 e. The predicted molar refractivity (Wildman–Crippen MR) is 121 cm³/mol. The number of ketones is 1. The van der Waals surface area contributed by atoms with E-state index < -0.39 is 5.20 Å². The first-order chi connectivity index (χ1) is 12.5. The zero-order chi connectivity index (χ0) is 20.6. The summed E-state index contributed by atoms with van der Waals surface area (Å²) >= 11 is 16.0. The predicted octanol–water partition coefficient (Wildman–Crippen LogP) is 5.23. The lowest BCUT2D eigenvalue weighted by atomic mass is 9.90. The zero-order valence-electron chi connectivity index (χ0n) is 15.0. The molecule has 1 amide bonds. The number of likely N-dealkylation sites (N-methyl/N-ethyl adjacent to an activating group) is 1. The van der Waals surface area contributed by atoms with E-state index in [0.29, 0.717) is 24.1 Å². The molecule has 0 fully saturated rings. The van der Waals surface area contributed by atoms with Crippen LogP contribution in [0.2, 0.25) is 0 Å². The van der Waals surface area contributed by atoms with Gasteiger partial charge in [-0.15, -0.1) is 0 Å². The van der Waals surface area contributed by atoms with Gasteiger partial charge in [-0.25, -0.2) is 0 Å². The second kappa shape index (κ2) is 11.8. The van der Waals surface area contributed by atoms with Crippen molar-refractivity contribution in [2.75, 3.05) is 26.2 Å². The maximum atomic E-state index is 12.2. The first-order valence-corrected chi connectivity index (χ1v) is 13.8. The van der Waals surface area contributed by atoms with Crippen LogP contribution in [0.3, 0.4) is 0 Å². The molecule has 0 aliphatic heterocycles. The molecule has 0 aromatic heterocycles. The molecular formula is C17H21Cl3IN2O3P. The third-order valence-electron chi connectivity index (χ3n) is 3.92. The van der Waals surface area contributed by atoms with Crippen molar-refractivity contribution in [3.8, 4) is 0 Å². The molecule has 1 aromatic rings. The van der Waals surface area contributed by atoms with E-state index in [1.165, 1.54) is 6.08 Å². The Kier molecular flexibility index (Phi) is 10.9. The molecule has 1 N–H and O–H groups in total. The Hall–Kier alpha value is -0.110. The van der Waals surface area contributed by atoms with E-state index in [1.807, 2.05) is 18.2 Å². The first-order valence-electron chi connectivity index (χ1n) is 8.28. The number of amides is 1. The molecule has 1 aliphatic rings. The quantitative estimate of drug-likeness (QED) is 0.379. The molecule has 1 aromatic carbocycles. The number of nitrogens with one attached hydrogen (secondary N) is 1. The van der Waals surface area contributed by atoms with Gasteiger partial charge in [-0.05, 0) is 93.2 Å². The van der Waals surface area contributed by atoms with Crippen molar-refractivity contribution in [1.82, 2.24) is 10.2 Å². The molecule has 2 rings (SSSR count). The summed E-state index contributed by atoms with van der Waals surface area (Å²) in [6.45, 7) is 7.58. The molecule has 0 radical (unpaired) electrons. The largest absolute Gasteiger partial charge is 0.351 e. The van der Waals surface area contributed by atoms with Crippen LogP contribution >= 0.6 is 61.5 Å². The van der Waals surface area contributed by atoms with Gasteiger partial charge in [0.25, 0.3) is 0 Å². The summed E-state index contributed by atoms with van der Waals surface area (Å²) < 4.78 is 10.5. The number of rotatable bonds is 6. The number of halogens is 4. The normalized spacial score (nSPS) is 13.4. The summed E-state index contributed by atoms with van der Waals surface area (Å²) in [4.78, 5) is 26.6. The molecule has 0 bridgehead atoms. The van der Waals surface area contributed by atoms with E-state index in [1.54, 1.807) is 0 Å². The van der Waals surface area contributed by atoms with Crippen molar-refractivity contribution < 1.29 is 14.2 Å². The van der Waals surface area contributed by atoms with Crippen LogP contribution in [0.4, 0.5) is 0 Å². The van der Waals surface area contributed by atoms with Crippen molar-refractivity contribution in [3.63, 3.8) is 0 Å². The minimum Gasteiger partial charge on any atom is -0.351 e. The highest BCUT2D eigenvalue weighted by molar-refractivity contribution is 14.1. The van der Waals surface area contributed by atoms with Crippen LogP contribution in [0.1, 0.15) is 29.8 Å². The minimum absolute atomic E-state index is 0.0753. The number of hydrogen-bond donors (Lipinski definition) is 1. The highest BCUT2D eigenvalue weighted by atomic mass is 127. The molecule has 5 nitrogen and oxygen atoms in total. The van der Waals surface area contributed by atoms with Crippen LogP contribution in [-0.4, -0.2) is 42.8 Å². The van der Waals surface area contributed by atoms with Gasteiger partial charge in [-0.2, -0.15) is 0 Å². The number of allylic oxidation sites excluding steroid dienone is 1. The second-order valence-corrected chi connectivity index (χ2v) is 13.6. The highest BCUT2D eigenvalue weighted by Gasteiger charge is 2.21. The van der Waals surface area contributed by atoms with Crippen molar-refractivity contribution in [2.24, 2.45) is 0 Å². The van der Waals surface area contributed by atoms with Crippen LogP contribution in [0.25, 0.3) is 0 Å². The molecule has 0 atom stereocenters. The number of hydrogen-bond acceptors (Lipinski definition) is 4. The van der Waals surface area contributed by atoms with Crippen molar-refractivity contribution in [2.45, 2.75) is 20.3 Å². The van der Waals surface area contributed by atoms with Crippen LogP contribution in [-0.2, 0) is 15.8 Å². The standard InChI is InChI=1S/C17H21IN2O2.Cl3OP/c1-3-20(4-2)8-7-19-17(22)13-9-12-5-6-14(18)11-15(12)16(21)10-13;1-5(2,3)4/h5-6,10-11H,3-4,7-9H2,1-2H3,(H,19,22);. The average molecular weight is 566 g/mol. The second-order valence-electron chi connectivity index (χ2n) is 5.69. The molecular weight excluding hydrogens is 544 g/mol. The Morgan fingerprint density at radius 1 is 1.26 bits per heavy atom. The molecule has 0 saturated carbocycles. The molecule has 0 saturated heterocycles. The fraction of sp³-hybridized carbons (Fsp3) is 0.412. The fourth-order valence-corrected chi connectivity index (χ4v) is 3.04. The third-order valence-corrected chi connectivity index (χ3v) is 4.59. The molecule has 0 unspecified atom stereocenters. The fourth-order valence-electron chi connectivity index (χ4n) is 2.55. The third kappa shape index (κ3) is 9.77. The van der Waals surface area contributed by atoms with Crippen LogP contribution in [0.5, 0.6) is 0 Å². The van der Waals surface area contributed by atoms with Gasteiger partial charge in [-0.3, -0.25) is 14.2 Å². The Labute approximate surface area is 187 Å². The van der Waals surface area contributed by atoms with Gasteiger partial charge in [0.2, 0.25) is 5.91 Å². The maximum Gasteiger partial charge on any atom is 0.339 e. The molecule has 27 heavy (non-hydrogen) atoms.